The first-order chi connectivity index (χ1) is 9.22. The summed E-state index contributed by atoms with van der Waals surface area (Å²) in [5.74, 6) is -0.0887. The quantitative estimate of drug-likeness (QED) is 0.425. The number of aliphatic hydroxyl groups is 1. The van der Waals surface area contributed by atoms with Crippen molar-refractivity contribution < 1.29 is 9.90 Å². The van der Waals surface area contributed by atoms with Crippen LogP contribution in [0.5, 0.6) is 0 Å². The second-order valence-electron chi connectivity index (χ2n) is 5.56. The van der Waals surface area contributed by atoms with Gasteiger partial charge in [0.1, 0.15) is 0 Å². The SMILES string of the molecule is C=C(C)C[C@@H](O)[C@H](C)/C=C(C)/C=C/NC(=O)C=C(C)C. The molecule has 2 atom stereocenters. The van der Waals surface area contributed by atoms with Crippen LogP contribution in [0.25, 0.3) is 0 Å². The summed E-state index contributed by atoms with van der Waals surface area (Å²) in [6.07, 6.45) is 7.15. The van der Waals surface area contributed by atoms with E-state index in [4.69, 9.17) is 0 Å². The third-order valence-electron chi connectivity index (χ3n) is 2.68. The molecular formula is C17H27NO2. The van der Waals surface area contributed by atoms with Crippen molar-refractivity contribution in [1.29, 1.82) is 0 Å². The van der Waals surface area contributed by atoms with E-state index >= 15 is 0 Å². The van der Waals surface area contributed by atoms with Crippen molar-refractivity contribution in [3.05, 3.63) is 47.7 Å². The maximum absolute atomic E-state index is 11.4. The van der Waals surface area contributed by atoms with Gasteiger partial charge in [-0.15, -0.1) is 6.58 Å². The number of hydrogen-bond donors (Lipinski definition) is 2. The minimum Gasteiger partial charge on any atom is -0.392 e. The molecule has 20 heavy (non-hydrogen) atoms. The molecule has 0 aromatic rings. The maximum Gasteiger partial charge on any atom is 0.247 e. The van der Waals surface area contributed by atoms with Gasteiger partial charge in [-0.1, -0.05) is 29.7 Å². The van der Waals surface area contributed by atoms with Crippen LogP contribution in [-0.2, 0) is 4.79 Å². The van der Waals surface area contributed by atoms with E-state index in [1.807, 2.05) is 46.8 Å². The Balaban J connectivity index is 4.41. The number of allylic oxidation sites excluding steroid dienone is 3. The zero-order valence-electron chi connectivity index (χ0n) is 13.2. The van der Waals surface area contributed by atoms with Crippen LogP contribution in [0.4, 0.5) is 0 Å². The topological polar surface area (TPSA) is 49.3 Å². The van der Waals surface area contributed by atoms with Crippen LogP contribution < -0.4 is 5.32 Å². The standard InChI is InChI=1S/C17H27NO2/c1-12(2)9-16(19)15(6)11-14(5)7-8-18-17(20)10-13(3)4/h7-8,10-11,15-16,19H,1,9H2,2-6H3,(H,18,20)/b8-7+,14-11+/t15-,16-/m1/s1. The second kappa shape index (κ2) is 9.32. The minimum atomic E-state index is -0.420. The molecule has 0 aliphatic carbocycles. The van der Waals surface area contributed by atoms with Crippen molar-refractivity contribution in [2.45, 2.75) is 47.1 Å². The van der Waals surface area contributed by atoms with Gasteiger partial charge < -0.3 is 10.4 Å². The van der Waals surface area contributed by atoms with Gasteiger partial charge in [0.15, 0.2) is 0 Å². The molecular weight excluding hydrogens is 250 g/mol. The Kier molecular flexibility index (Phi) is 8.57. The summed E-state index contributed by atoms with van der Waals surface area (Å²) in [7, 11) is 0. The summed E-state index contributed by atoms with van der Waals surface area (Å²) in [5.41, 5.74) is 2.93. The normalized spacial score (nSPS) is 14.8. The molecule has 0 saturated carbocycles. The van der Waals surface area contributed by atoms with E-state index < -0.39 is 6.10 Å². The summed E-state index contributed by atoms with van der Waals surface area (Å²) in [4.78, 5) is 11.4. The predicted octanol–water partition coefficient (Wildman–Crippen LogP) is 3.49. The van der Waals surface area contributed by atoms with Gasteiger partial charge in [0.05, 0.1) is 6.10 Å². The van der Waals surface area contributed by atoms with E-state index in [0.29, 0.717) is 6.42 Å². The zero-order valence-corrected chi connectivity index (χ0v) is 13.2. The Morgan fingerprint density at radius 1 is 1.30 bits per heavy atom. The molecule has 0 fully saturated rings. The van der Waals surface area contributed by atoms with Crippen molar-refractivity contribution in [3.63, 3.8) is 0 Å². The average Bonchev–Trinajstić information content (AvgIpc) is 2.26. The first kappa shape index (κ1) is 18.4. The van der Waals surface area contributed by atoms with Crippen LogP contribution >= 0.6 is 0 Å². The Morgan fingerprint density at radius 2 is 1.90 bits per heavy atom. The molecule has 1 amide bonds. The molecule has 0 rings (SSSR count). The molecule has 0 aromatic heterocycles. The lowest BCUT2D eigenvalue weighted by molar-refractivity contribution is -0.115. The van der Waals surface area contributed by atoms with Gasteiger partial charge in [0.25, 0.3) is 0 Å². The number of amides is 1. The van der Waals surface area contributed by atoms with Crippen molar-refractivity contribution in [2.75, 3.05) is 0 Å². The van der Waals surface area contributed by atoms with Crippen LogP contribution in [0.15, 0.2) is 47.7 Å². The fraction of sp³-hybridized carbons (Fsp3) is 0.471. The Bertz CT molecular complexity index is 426. The lowest BCUT2D eigenvalue weighted by atomic mass is 9.97. The third kappa shape index (κ3) is 9.34. The number of carbonyl (C=O) groups excluding carboxylic acids is 1. The summed E-state index contributed by atoms with van der Waals surface area (Å²) in [5, 5.41) is 12.6. The van der Waals surface area contributed by atoms with Crippen molar-refractivity contribution in [3.8, 4) is 0 Å². The molecule has 0 radical (unpaired) electrons. The fourth-order valence-corrected chi connectivity index (χ4v) is 1.68. The first-order valence-electron chi connectivity index (χ1n) is 6.85. The van der Waals surface area contributed by atoms with Gasteiger partial charge >= 0.3 is 0 Å². The summed E-state index contributed by atoms with van der Waals surface area (Å²) >= 11 is 0. The number of aliphatic hydroxyl groups excluding tert-OH is 1. The van der Waals surface area contributed by atoms with Crippen LogP contribution in [0.3, 0.4) is 0 Å². The molecule has 112 valence electrons. The van der Waals surface area contributed by atoms with Gasteiger partial charge in [-0.25, -0.2) is 0 Å². The number of carbonyl (C=O) groups is 1. The van der Waals surface area contributed by atoms with Crippen LogP contribution in [0.1, 0.15) is 41.0 Å². The minimum absolute atomic E-state index is 0.0461. The average molecular weight is 277 g/mol. The Hall–Kier alpha value is -1.61. The van der Waals surface area contributed by atoms with E-state index in [0.717, 1.165) is 16.7 Å². The lowest BCUT2D eigenvalue weighted by Crippen LogP contribution is -2.16. The van der Waals surface area contributed by atoms with E-state index in [2.05, 4.69) is 11.9 Å². The highest BCUT2D eigenvalue weighted by Crippen LogP contribution is 2.14. The van der Waals surface area contributed by atoms with E-state index in [9.17, 15) is 9.90 Å². The third-order valence-corrected chi connectivity index (χ3v) is 2.68. The van der Waals surface area contributed by atoms with Gasteiger partial charge in [0, 0.05) is 18.2 Å². The van der Waals surface area contributed by atoms with E-state index in [-0.39, 0.29) is 11.8 Å². The molecule has 0 aliphatic rings. The monoisotopic (exact) mass is 277 g/mol. The number of nitrogens with one attached hydrogen (secondary N) is 1. The Morgan fingerprint density at radius 3 is 2.40 bits per heavy atom. The maximum atomic E-state index is 11.4. The molecule has 0 aliphatic heterocycles. The zero-order chi connectivity index (χ0) is 15.7. The van der Waals surface area contributed by atoms with E-state index in [1.54, 1.807) is 12.3 Å². The molecule has 0 bridgehead atoms. The highest BCUT2D eigenvalue weighted by Gasteiger charge is 2.11. The van der Waals surface area contributed by atoms with Crippen LogP contribution in [-0.4, -0.2) is 17.1 Å². The first-order valence-corrected chi connectivity index (χ1v) is 6.85. The summed E-state index contributed by atoms with van der Waals surface area (Å²) < 4.78 is 0. The van der Waals surface area contributed by atoms with Crippen molar-refractivity contribution in [2.24, 2.45) is 5.92 Å². The highest BCUT2D eigenvalue weighted by molar-refractivity contribution is 5.88. The van der Waals surface area contributed by atoms with Gasteiger partial charge in [0.2, 0.25) is 5.91 Å². The largest absolute Gasteiger partial charge is 0.392 e. The highest BCUT2D eigenvalue weighted by atomic mass is 16.3. The molecule has 0 heterocycles. The molecule has 0 saturated heterocycles. The van der Waals surface area contributed by atoms with Gasteiger partial charge in [-0.2, -0.15) is 0 Å². The number of hydrogen-bond acceptors (Lipinski definition) is 2. The fourth-order valence-electron chi connectivity index (χ4n) is 1.68. The molecule has 3 heteroatoms. The smallest absolute Gasteiger partial charge is 0.247 e. The molecule has 0 spiro atoms. The van der Waals surface area contributed by atoms with Crippen molar-refractivity contribution >= 4 is 5.91 Å². The number of rotatable bonds is 7. The van der Waals surface area contributed by atoms with Crippen LogP contribution in [0.2, 0.25) is 0 Å². The predicted molar refractivity (Wildman–Crippen MR) is 85.1 cm³/mol. The molecule has 2 N–H and O–H groups in total. The Labute approximate surface area is 122 Å². The lowest BCUT2D eigenvalue weighted by Gasteiger charge is -2.15. The summed E-state index contributed by atoms with van der Waals surface area (Å²) in [6.45, 7) is 13.4. The molecule has 3 nitrogen and oxygen atoms in total. The molecule has 0 unspecified atom stereocenters. The van der Waals surface area contributed by atoms with E-state index in [1.165, 1.54) is 0 Å². The molecule has 0 aromatic carbocycles. The second-order valence-corrected chi connectivity index (χ2v) is 5.56. The summed E-state index contributed by atoms with van der Waals surface area (Å²) in [6, 6.07) is 0. The van der Waals surface area contributed by atoms with Gasteiger partial charge in [-0.05, 0) is 40.2 Å². The van der Waals surface area contributed by atoms with Gasteiger partial charge in [-0.3, -0.25) is 4.79 Å². The van der Waals surface area contributed by atoms with Crippen LogP contribution in [0, 0.1) is 5.92 Å². The van der Waals surface area contributed by atoms with Crippen molar-refractivity contribution in [1.82, 2.24) is 5.32 Å².